The van der Waals surface area contributed by atoms with Crippen LogP contribution in [-0.4, -0.2) is 45.4 Å². The van der Waals surface area contributed by atoms with Crippen LogP contribution in [0.5, 0.6) is 5.75 Å². The summed E-state index contributed by atoms with van der Waals surface area (Å²) in [6.07, 6.45) is 0. The molecule has 0 radical (unpaired) electrons. The van der Waals surface area contributed by atoms with Crippen molar-refractivity contribution in [2.24, 2.45) is 0 Å². The van der Waals surface area contributed by atoms with Crippen molar-refractivity contribution in [3.63, 3.8) is 0 Å². The van der Waals surface area contributed by atoms with Gasteiger partial charge in [0.05, 0.1) is 10.8 Å². The lowest BCUT2D eigenvalue weighted by atomic mass is 10.3. The Morgan fingerprint density at radius 1 is 1.11 bits per heavy atom. The van der Waals surface area contributed by atoms with Crippen molar-refractivity contribution < 1.29 is 9.53 Å². The lowest BCUT2D eigenvalue weighted by molar-refractivity contribution is -0.125. The maximum absolute atomic E-state index is 11.9. The highest BCUT2D eigenvalue weighted by atomic mass is 35.5. The standard InChI is InChI=1S/C19H19ClN4O2S/c1-23(2)18(25)13-27-19-22-21-17(24(19)14-8-4-3-5-9-14)12-26-16-11-7-6-10-15(16)20/h3-11H,12-13H2,1-2H3. The Kier molecular flexibility index (Phi) is 6.36. The number of benzene rings is 2. The second-order valence-corrected chi connectivity index (χ2v) is 7.22. The fourth-order valence-corrected chi connectivity index (χ4v) is 3.42. The summed E-state index contributed by atoms with van der Waals surface area (Å²) in [4.78, 5) is 13.5. The molecule has 0 atom stereocenters. The minimum atomic E-state index is 0.0106. The topological polar surface area (TPSA) is 60.3 Å². The summed E-state index contributed by atoms with van der Waals surface area (Å²) in [5.41, 5.74) is 0.903. The minimum absolute atomic E-state index is 0.0106. The fraction of sp³-hybridized carbons (Fsp3) is 0.211. The van der Waals surface area contributed by atoms with Crippen molar-refractivity contribution in [2.75, 3.05) is 19.8 Å². The van der Waals surface area contributed by atoms with Crippen LogP contribution in [-0.2, 0) is 11.4 Å². The largest absolute Gasteiger partial charge is 0.484 e. The number of para-hydroxylation sites is 2. The van der Waals surface area contributed by atoms with Gasteiger partial charge in [0.2, 0.25) is 5.91 Å². The third-order valence-corrected chi connectivity index (χ3v) is 4.96. The number of carbonyl (C=O) groups excluding carboxylic acids is 1. The van der Waals surface area contributed by atoms with E-state index in [1.165, 1.54) is 11.8 Å². The first-order chi connectivity index (χ1) is 13.1. The van der Waals surface area contributed by atoms with Gasteiger partial charge in [-0.2, -0.15) is 0 Å². The van der Waals surface area contributed by atoms with Crippen LogP contribution in [0.4, 0.5) is 0 Å². The molecule has 3 aromatic rings. The molecule has 0 aliphatic carbocycles. The van der Waals surface area contributed by atoms with E-state index in [2.05, 4.69) is 10.2 Å². The van der Waals surface area contributed by atoms with Crippen molar-refractivity contribution in [3.05, 3.63) is 65.4 Å². The van der Waals surface area contributed by atoms with Gasteiger partial charge in [0.25, 0.3) is 0 Å². The molecule has 1 aromatic heterocycles. The Morgan fingerprint density at radius 2 is 1.81 bits per heavy atom. The zero-order chi connectivity index (χ0) is 19.2. The van der Waals surface area contributed by atoms with E-state index in [0.29, 0.717) is 21.8 Å². The first-order valence-electron chi connectivity index (χ1n) is 8.26. The second kappa shape index (κ2) is 8.92. The summed E-state index contributed by atoms with van der Waals surface area (Å²) in [7, 11) is 3.46. The number of nitrogens with zero attached hydrogens (tertiary/aromatic N) is 4. The molecule has 0 saturated heterocycles. The molecule has 2 aromatic carbocycles. The normalized spacial score (nSPS) is 10.6. The van der Waals surface area contributed by atoms with Crippen LogP contribution in [0, 0.1) is 0 Å². The van der Waals surface area contributed by atoms with Crippen LogP contribution < -0.4 is 4.74 Å². The number of halogens is 1. The number of ether oxygens (including phenoxy) is 1. The van der Waals surface area contributed by atoms with Crippen LogP contribution in [0.1, 0.15) is 5.82 Å². The van der Waals surface area contributed by atoms with E-state index in [0.717, 1.165) is 5.69 Å². The molecule has 8 heteroatoms. The fourth-order valence-electron chi connectivity index (χ4n) is 2.28. The Labute approximate surface area is 167 Å². The van der Waals surface area contributed by atoms with Crippen LogP contribution in [0.15, 0.2) is 59.8 Å². The molecule has 1 amide bonds. The average molecular weight is 403 g/mol. The number of carbonyl (C=O) groups is 1. The second-order valence-electron chi connectivity index (χ2n) is 5.87. The van der Waals surface area contributed by atoms with E-state index in [-0.39, 0.29) is 18.3 Å². The molecule has 0 spiro atoms. The van der Waals surface area contributed by atoms with Gasteiger partial charge >= 0.3 is 0 Å². The summed E-state index contributed by atoms with van der Waals surface area (Å²) >= 11 is 7.49. The van der Waals surface area contributed by atoms with Crippen molar-refractivity contribution in [3.8, 4) is 11.4 Å². The highest BCUT2D eigenvalue weighted by Gasteiger charge is 2.17. The molecule has 0 bridgehead atoms. The van der Waals surface area contributed by atoms with E-state index in [9.17, 15) is 4.79 Å². The van der Waals surface area contributed by atoms with Gasteiger partial charge < -0.3 is 9.64 Å². The van der Waals surface area contributed by atoms with Gasteiger partial charge in [0.15, 0.2) is 11.0 Å². The SMILES string of the molecule is CN(C)C(=O)CSc1nnc(COc2ccccc2Cl)n1-c1ccccc1. The van der Waals surface area contributed by atoms with Gasteiger partial charge in [0, 0.05) is 19.8 Å². The predicted octanol–water partition coefficient (Wildman–Crippen LogP) is 3.68. The van der Waals surface area contributed by atoms with Gasteiger partial charge in [-0.05, 0) is 24.3 Å². The van der Waals surface area contributed by atoms with Gasteiger partial charge in [-0.1, -0.05) is 53.7 Å². The van der Waals surface area contributed by atoms with Gasteiger partial charge in [-0.25, -0.2) is 0 Å². The van der Waals surface area contributed by atoms with Crippen LogP contribution in [0.25, 0.3) is 5.69 Å². The highest BCUT2D eigenvalue weighted by molar-refractivity contribution is 7.99. The predicted molar refractivity (Wildman–Crippen MR) is 107 cm³/mol. The zero-order valence-electron chi connectivity index (χ0n) is 15.0. The lowest BCUT2D eigenvalue weighted by Crippen LogP contribution is -2.23. The van der Waals surface area contributed by atoms with Crippen molar-refractivity contribution in [1.82, 2.24) is 19.7 Å². The van der Waals surface area contributed by atoms with E-state index in [4.69, 9.17) is 16.3 Å². The molecule has 0 aliphatic heterocycles. The minimum Gasteiger partial charge on any atom is -0.484 e. The zero-order valence-corrected chi connectivity index (χ0v) is 16.6. The number of aromatic nitrogens is 3. The molecule has 27 heavy (non-hydrogen) atoms. The van der Waals surface area contributed by atoms with E-state index in [1.807, 2.05) is 47.0 Å². The summed E-state index contributed by atoms with van der Waals surface area (Å²) < 4.78 is 7.72. The summed E-state index contributed by atoms with van der Waals surface area (Å²) in [6, 6.07) is 17.0. The lowest BCUT2D eigenvalue weighted by Gasteiger charge is -2.12. The first kappa shape index (κ1) is 19.3. The van der Waals surface area contributed by atoms with E-state index < -0.39 is 0 Å². The third-order valence-electron chi connectivity index (χ3n) is 3.73. The third kappa shape index (κ3) is 4.81. The molecule has 1 heterocycles. The molecule has 0 aliphatic rings. The Morgan fingerprint density at radius 3 is 2.52 bits per heavy atom. The smallest absolute Gasteiger partial charge is 0.232 e. The van der Waals surface area contributed by atoms with Gasteiger partial charge in [-0.3, -0.25) is 9.36 Å². The van der Waals surface area contributed by atoms with E-state index in [1.54, 1.807) is 31.1 Å². The molecule has 6 nitrogen and oxygen atoms in total. The summed E-state index contributed by atoms with van der Waals surface area (Å²) in [5.74, 6) is 1.50. The van der Waals surface area contributed by atoms with Crippen LogP contribution >= 0.6 is 23.4 Å². The molecular weight excluding hydrogens is 384 g/mol. The van der Waals surface area contributed by atoms with Crippen molar-refractivity contribution in [1.29, 1.82) is 0 Å². The first-order valence-corrected chi connectivity index (χ1v) is 9.62. The number of amides is 1. The van der Waals surface area contributed by atoms with Gasteiger partial charge in [0.1, 0.15) is 12.4 Å². The highest BCUT2D eigenvalue weighted by Crippen LogP contribution is 2.26. The molecule has 0 unspecified atom stereocenters. The van der Waals surface area contributed by atoms with Gasteiger partial charge in [-0.15, -0.1) is 10.2 Å². The Balaban J connectivity index is 1.85. The van der Waals surface area contributed by atoms with Crippen LogP contribution in [0.2, 0.25) is 5.02 Å². The Bertz CT molecular complexity index is 915. The molecule has 0 fully saturated rings. The molecular formula is C19H19ClN4O2S. The number of hydrogen-bond donors (Lipinski definition) is 0. The monoisotopic (exact) mass is 402 g/mol. The maximum Gasteiger partial charge on any atom is 0.232 e. The molecule has 0 N–H and O–H groups in total. The molecule has 140 valence electrons. The molecule has 3 rings (SSSR count). The summed E-state index contributed by atoms with van der Waals surface area (Å²) in [6.45, 7) is 0.202. The summed E-state index contributed by atoms with van der Waals surface area (Å²) in [5, 5.41) is 9.68. The number of rotatable bonds is 7. The number of thioether (sulfide) groups is 1. The molecule has 0 saturated carbocycles. The average Bonchev–Trinajstić information content (AvgIpc) is 3.09. The Hall–Kier alpha value is -2.51. The quantitative estimate of drug-likeness (QED) is 0.564. The van der Waals surface area contributed by atoms with Crippen molar-refractivity contribution in [2.45, 2.75) is 11.8 Å². The van der Waals surface area contributed by atoms with E-state index >= 15 is 0 Å². The van der Waals surface area contributed by atoms with Crippen LogP contribution in [0.3, 0.4) is 0 Å². The number of hydrogen-bond acceptors (Lipinski definition) is 5. The van der Waals surface area contributed by atoms with Crippen molar-refractivity contribution >= 4 is 29.3 Å². The maximum atomic E-state index is 11.9.